The molecule has 0 unspecified atom stereocenters. The fraction of sp³-hybridized carbons (Fsp3) is 0.125. The van der Waals surface area contributed by atoms with Crippen molar-refractivity contribution in [1.29, 1.82) is 0 Å². The second kappa shape index (κ2) is 8.35. The van der Waals surface area contributed by atoms with E-state index in [1.54, 1.807) is 48.5 Å². The predicted octanol–water partition coefficient (Wildman–Crippen LogP) is 5.67. The first-order chi connectivity index (χ1) is 18.2. The van der Waals surface area contributed by atoms with E-state index >= 15 is 0 Å². The number of nitrogens with zero attached hydrogens (tertiary/aromatic N) is 2. The van der Waals surface area contributed by atoms with Crippen LogP contribution >= 0.6 is 0 Å². The Hall–Kier alpha value is -4.84. The van der Waals surface area contributed by atoms with Crippen molar-refractivity contribution >= 4 is 55.3 Å². The van der Waals surface area contributed by atoms with Crippen LogP contribution in [0.25, 0.3) is 43.6 Å². The molecular formula is C32H24N2O4. The number of fused-ring (bicyclic) bond motifs is 4. The van der Waals surface area contributed by atoms with Gasteiger partial charge in [-0.1, -0.05) is 35.4 Å². The van der Waals surface area contributed by atoms with Gasteiger partial charge in [0.2, 0.25) is 0 Å². The molecule has 0 bridgehead atoms. The number of Topliss-reactive ketones (excluding diaryl/α,β-unsaturated/α-hetero) is 1. The lowest BCUT2D eigenvalue weighted by molar-refractivity contribution is 0.0966. The number of benzene rings is 4. The van der Waals surface area contributed by atoms with Crippen LogP contribution in [0.1, 0.15) is 38.8 Å². The summed E-state index contributed by atoms with van der Waals surface area (Å²) in [7, 11) is 1.87. The summed E-state index contributed by atoms with van der Waals surface area (Å²) in [6, 6.07) is 21.0. The molecule has 4 aromatic carbocycles. The molecule has 0 aliphatic heterocycles. The molecule has 6 heteroatoms. The Bertz CT molecular complexity index is 2130. The molecule has 0 saturated carbocycles. The number of rotatable bonds is 2. The molecule has 186 valence electrons. The van der Waals surface area contributed by atoms with E-state index in [-0.39, 0.29) is 22.5 Å². The summed E-state index contributed by atoms with van der Waals surface area (Å²) in [6.45, 7) is 5.30. The van der Waals surface area contributed by atoms with Crippen LogP contribution in [0, 0.1) is 13.8 Å². The number of aromatic nitrogens is 2. The third-order valence-electron chi connectivity index (χ3n) is 7.34. The molecule has 2 heterocycles. The second-order valence-corrected chi connectivity index (χ2v) is 9.92. The lowest BCUT2D eigenvalue weighted by Gasteiger charge is -2.17. The number of carbonyl (C=O) groups excluding carboxylic acids is 2. The highest BCUT2D eigenvalue weighted by molar-refractivity contribution is 6.11. The Morgan fingerprint density at radius 2 is 1.05 bits per heavy atom. The average molecular weight is 501 g/mol. The van der Waals surface area contributed by atoms with Crippen molar-refractivity contribution in [3.05, 3.63) is 115 Å². The summed E-state index contributed by atoms with van der Waals surface area (Å²) >= 11 is 0. The Balaban J connectivity index is 1.78. The lowest BCUT2D eigenvalue weighted by atomic mass is 10.0. The molecule has 6 rings (SSSR count). The van der Waals surface area contributed by atoms with Crippen LogP contribution in [-0.4, -0.2) is 20.8 Å². The van der Waals surface area contributed by atoms with E-state index in [9.17, 15) is 19.2 Å². The molecule has 0 amide bonds. The molecule has 0 spiro atoms. The molecule has 38 heavy (non-hydrogen) atoms. The summed E-state index contributed by atoms with van der Waals surface area (Å²) in [5, 5.41) is 1.78. The van der Waals surface area contributed by atoms with Gasteiger partial charge in [0.05, 0.1) is 22.1 Å². The minimum absolute atomic E-state index is 0.0940. The predicted molar refractivity (Wildman–Crippen MR) is 152 cm³/mol. The summed E-state index contributed by atoms with van der Waals surface area (Å²) in [6.07, 6.45) is 0. The number of carbonyl (C=O) groups is 2. The molecule has 0 atom stereocenters. The Morgan fingerprint density at radius 3 is 1.66 bits per heavy atom. The number of hydrogen-bond acceptors (Lipinski definition) is 4. The molecule has 0 saturated heterocycles. The maximum absolute atomic E-state index is 14.0. The van der Waals surface area contributed by atoms with Gasteiger partial charge in [-0.05, 0) is 69.3 Å². The van der Waals surface area contributed by atoms with Gasteiger partial charge in [0.15, 0.2) is 16.6 Å². The molecule has 0 aliphatic carbocycles. The Kier molecular flexibility index (Phi) is 5.17. The maximum atomic E-state index is 14.0. The van der Waals surface area contributed by atoms with Crippen molar-refractivity contribution < 1.29 is 9.59 Å². The third-order valence-corrected chi connectivity index (χ3v) is 7.34. The van der Waals surface area contributed by atoms with Gasteiger partial charge in [-0.15, -0.1) is 0 Å². The normalized spacial score (nSPS) is 11.6. The summed E-state index contributed by atoms with van der Waals surface area (Å²) in [5.74, 6) is -0.449. The largest absolute Gasteiger partial charge is 0.343 e. The van der Waals surface area contributed by atoms with Gasteiger partial charge < -0.3 is 4.57 Å². The topological polar surface area (TPSA) is 78.1 Å². The van der Waals surface area contributed by atoms with Gasteiger partial charge in [-0.25, -0.2) is 0 Å². The van der Waals surface area contributed by atoms with Gasteiger partial charge >= 0.3 is 0 Å². The van der Waals surface area contributed by atoms with Crippen molar-refractivity contribution in [3.8, 4) is 0 Å². The molecular weight excluding hydrogens is 476 g/mol. The van der Waals surface area contributed by atoms with Crippen LogP contribution < -0.4 is 10.9 Å². The van der Waals surface area contributed by atoms with Crippen LogP contribution in [0.5, 0.6) is 0 Å². The summed E-state index contributed by atoms with van der Waals surface area (Å²) < 4.78 is 3.42. The molecule has 0 fully saturated rings. The van der Waals surface area contributed by atoms with Gasteiger partial charge in [0.1, 0.15) is 0 Å². The highest BCUT2D eigenvalue weighted by Crippen LogP contribution is 2.27. The monoisotopic (exact) mass is 500 g/mol. The van der Waals surface area contributed by atoms with E-state index in [2.05, 4.69) is 0 Å². The van der Waals surface area contributed by atoms with Crippen molar-refractivity contribution in [2.24, 2.45) is 7.05 Å². The maximum Gasteiger partial charge on any atom is 0.262 e. The standard InChI is InChI=1S/C32H24N2O4/c1-17-5-11-26-22(13-17)30(36)24-16-29-25(15-28(24)33(26)4)31(37)23-14-18(2)6-12-27(23)34(29)32(38)21-9-7-20(8-10-21)19(3)35/h5-16H,1-4H3. The lowest BCUT2D eigenvalue weighted by Crippen LogP contribution is -2.20. The molecule has 0 radical (unpaired) electrons. The van der Waals surface area contributed by atoms with Crippen LogP contribution in [0.15, 0.2) is 82.4 Å². The smallest absolute Gasteiger partial charge is 0.262 e. The summed E-state index contributed by atoms with van der Waals surface area (Å²) in [5.41, 5.74) is 4.59. The van der Waals surface area contributed by atoms with Crippen molar-refractivity contribution in [2.45, 2.75) is 20.8 Å². The van der Waals surface area contributed by atoms with E-state index < -0.39 is 0 Å². The highest BCUT2D eigenvalue weighted by atomic mass is 16.2. The minimum atomic E-state index is -0.355. The number of hydrogen-bond donors (Lipinski definition) is 0. The van der Waals surface area contributed by atoms with Gasteiger partial charge in [0, 0.05) is 39.7 Å². The van der Waals surface area contributed by atoms with Gasteiger partial charge in [-0.2, -0.15) is 0 Å². The van der Waals surface area contributed by atoms with Gasteiger partial charge in [0.25, 0.3) is 5.91 Å². The first kappa shape index (κ1) is 23.6. The van der Waals surface area contributed by atoms with Gasteiger partial charge in [-0.3, -0.25) is 23.7 Å². The number of pyridine rings is 2. The quantitative estimate of drug-likeness (QED) is 0.227. The SMILES string of the molecule is CC(=O)c1ccc(C(=O)n2c3ccc(C)cc3c(=O)c3cc4c(cc32)c(=O)c2cc(C)ccc2n4C)cc1. The zero-order chi connectivity index (χ0) is 26.9. The van der Waals surface area contributed by atoms with Crippen LogP contribution in [-0.2, 0) is 7.05 Å². The van der Waals surface area contributed by atoms with Crippen LogP contribution in [0.4, 0.5) is 0 Å². The number of ketones is 1. The number of aryl methyl sites for hydroxylation is 3. The van der Waals surface area contributed by atoms with Crippen molar-refractivity contribution in [3.63, 3.8) is 0 Å². The van der Waals surface area contributed by atoms with Crippen molar-refractivity contribution in [1.82, 2.24) is 9.13 Å². The Labute approximate surface area is 217 Å². The zero-order valence-corrected chi connectivity index (χ0v) is 21.5. The molecule has 6 nitrogen and oxygen atoms in total. The second-order valence-electron chi connectivity index (χ2n) is 9.92. The van der Waals surface area contributed by atoms with Crippen LogP contribution in [0.2, 0.25) is 0 Å². The first-order valence-corrected chi connectivity index (χ1v) is 12.3. The Morgan fingerprint density at radius 1 is 0.579 bits per heavy atom. The molecule has 6 aromatic rings. The van der Waals surface area contributed by atoms with E-state index in [1.165, 1.54) is 11.5 Å². The van der Waals surface area contributed by atoms with E-state index in [0.717, 1.165) is 16.6 Å². The summed E-state index contributed by atoms with van der Waals surface area (Å²) in [4.78, 5) is 53.2. The van der Waals surface area contributed by atoms with Crippen LogP contribution in [0.3, 0.4) is 0 Å². The highest BCUT2D eigenvalue weighted by Gasteiger charge is 2.20. The first-order valence-electron chi connectivity index (χ1n) is 12.3. The van der Waals surface area contributed by atoms with E-state index in [1.807, 2.05) is 49.7 Å². The third kappa shape index (κ3) is 3.41. The zero-order valence-electron chi connectivity index (χ0n) is 21.5. The molecule has 0 N–H and O–H groups in total. The fourth-order valence-corrected chi connectivity index (χ4v) is 5.30. The molecule has 0 aliphatic rings. The van der Waals surface area contributed by atoms with E-state index in [4.69, 9.17) is 0 Å². The minimum Gasteiger partial charge on any atom is -0.343 e. The van der Waals surface area contributed by atoms with E-state index in [0.29, 0.717) is 49.2 Å². The van der Waals surface area contributed by atoms with Crippen molar-refractivity contribution in [2.75, 3.05) is 0 Å². The average Bonchev–Trinajstić information content (AvgIpc) is 2.91. The fourth-order valence-electron chi connectivity index (χ4n) is 5.30. The molecule has 2 aromatic heterocycles.